The average molecular weight is 819 g/mol. The van der Waals surface area contributed by atoms with Gasteiger partial charge in [0, 0.05) is 37.9 Å². The highest BCUT2D eigenvalue weighted by Gasteiger charge is 2.40. The first-order valence-corrected chi connectivity index (χ1v) is 26.7. The summed E-state index contributed by atoms with van der Waals surface area (Å²) >= 11 is 0. The summed E-state index contributed by atoms with van der Waals surface area (Å²) in [6.07, 6.45) is 6.20. The van der Waals surface area contributed by atoms with Crippen LogP contribution in [-0.4, -0.2) is 93.2 Å². The number of imidazole rings is 1. The fraction of sp³-hybridized carbons (Fsp3) is 0.600. The molecule has 12 heteroatoms. The molecule has 1 aliphatic heterocycles. The number of esters is 1. The summed E-state index contributed by atoms with van der Waals surface area (Å²) in [6, 6.07) is 13.1. The van der Waals surface area contributed by atoms with E-state index in [1.807, 2.05) is 32.7 Å². The predicted molar refractivity (Wildman–Crippen MR) is 235 cm³/mol. The summed E-state index contributed by atoms with van der Waals surface area (Å²) in [4.78, 5) is 51.3. The maximum atomic E-state index is 15.2. The Bertz CT molecular complexity index is 1850. The van der Waals surface area contributed by atoms with Crippen LogP contribution in [0.2, 0.25) is 36.3 Å². The van der Waals surface area contributed by atoms with Gasteiger partial charge in [-0.2, -0.15) is 0 Å². The number of fused-ring (bicyclic) bond motifs is 1. The number of benzene rings is 2. The van der Waals surface area contributed by atoms with Gasteiger partial charge in [-0.05, 0) is 84.9 Å². The van der Waals surface area contributed by atoms with Gasteiger partial charge in [0.2, 0.25) is 0 Å². The molecule has 0 N–H and O–H groups in total. The van der Waals surface area contributed by atoms with E-state index in [1.165, 1.54) is 12.7 Å². The Morgan fingerprint density at radius 1 is 0.860 bits per heavy atom. The molecule has 10 nitrogen and oxygen atoms in total. The highest BCUT2D eigenvalue weighted by atomic mass is 28.4. The summed E-state index contributed by atoms with van der Waals surface area (Å²) < 4.78 is 20.5. The Morgan fingerprint density at radius 3 is 2.04 bits per heavy atom. The number of hydrogen-bond acceptors (Lipinski definition) is 7. The van der Waals surface area contributed by atoms with Crippen molar-refractivity contribution in [2.45, 2.75) is 143 Å². The lowest BCUT2D eigenvalue weighted by Gasteiger charge is -2.41. The Balaban J connectivity index is 1.87. The Morgan fingerprint density at radius 2 is 1.46 bits per heavy atom. The Hall–Kier alpha value is -3.59. The van der Waals surface area contributed by atoms with Gasteiger partial charge in [-0.1, -0.05) is 92.5 Å². The summed E-state index contributed by atoms with van der Waals surface area (Å²) in [7, 11) is -2.91. The topological polar surface area (TPSA) is 103 Å². The maximum absolute atomic E-state index is 15.2. The van der Waals surface area contributed by atoms with Gasteiger partial charge in [0.05, 0.1) is 37.5 Å². The first kappa shape index (κ1) is 46.1. The van der Waals surface area contributed by atoms with Gasteiger partial charge in [0.1, 0.15) is 11.5 Å². The molecule has 0 radical (unpaired) electrons. The lowest BCUT2D eigenvalue weighted by molar-refractivity contribution is 0.0554. The number of unbranched alkanes of at least 4 members (excludes halogenated alkanes) is 2. The lowest BCUT2D eigenvalue weighted by atomic mass is 9.92. The van der Waals surface area contributed by atoms with Crippen molar-refractivity contribution in [1.29, 1.82) is 0 Å². The van der Waals surface area contributed by atoms with E-state index >= 15 is 4.79 Å². The maximum Gasteiger partial charge on any atom is 0.337 e. The molecule has 1 aliphatic rings. The molecule has 2 heterocycles. The van der Waals surface area contributed by atoms with Crippen LogP contribution in [0.4, 0.5) is 0 Å². The smallest absolute Gasteiger partial charge is 0.337 e. The second kappa shape index (κ2) is 19.0. The van der Waals surface area contributed by atoms with E-state index < -0.39 is 22.6 Å². The monoisotopic (exact) mass is 818 g/mol. The molecule has 0 saturated carbocycles. The largest absolute Gasteiger partial charge is 0.465 e. The van der Waals surface area contributed by atoms with E-state index in [0.717, 1.165) is 31.2 Å². The van der Waals surface area contributed by atoms with Crippen LogP contribution in [0.25, 0.3) is 11.4 Å². The van der Waals surface area contributed by atoms with E-state index in [2.05, 4.69) is 93.7 Å². The zero-order chi connectivity index (χ0) is 42.3. The van der Waals surface area contributed by atoms with E-state index in [0.29, 0.717) is 68.5 Å². The van der Waals surface area contributed by atoms with E-state index in [4.69, 9.17) is 18.6 Å². The van der Waals surface area contributed by atoms with E-state index in [9.17, 15) is 9.59 Å². The number of rotatable bonds is 17. The number of carbonyl (C=O) groups is 3. The number of hydrogen-bond donors (Lipinski definition) is 0. The molecule has 0 spiro atoms. The molecule has 0 aliphatic carbocycles. The molecule has 2 amide bonds. The van der Waals surface area contributed by atoms with Crippen molar-refractivity contribution in [2.24, 2.45) is 0 Å². The predicted octanol–water partition coefficient (Wildman–Crippen LogP) is 9.99. The fourth-order valence-corrected chi connectivity index (χ4v) is 8.58. The van der Waals surface area contributed by atoms with Crippen molar-refractivity contribution >= 4 is 34.4 Å². The molecule has 3 aromatic rings. The van der Waals surface area contributed by atoms with Crippen molar-refractivity contribution < 1.29 is 28.0 Å². The zero-order valence-electron chi connectivity index (χ0n) is 37.2. The molecule has 1 unspecified atom stereocenters. The van der Waals surface area contributed by atoms with E-state index in [1.54, 1.807) is 18.2 Å². The third-order valence-electron chi connectivity index (χ3n) is 12.4. The van der Waals surface area contributed by atoms with Crippen LogP contribution in [-0.2, 0) is 33.1 Å². The number of ether oxygens (including phenoxy) is 1. The summed E-state index contributed by atoms with van der Waals surface area (Å²) in [5, 5.41) is 0.0196. The molecule has 0 bridgehead atoms. The minimum atomic E-state index is -2.15. The molecule has 57 heavy (non-hydrogen) atoms. The summed E-state index contributed by atoms with van der Waals surface area (Å²) in [5.74, 6) is -0.422. The molecule has 4 rings (SSSR count). The standard InChI is InChI=1S/C45H70N4O6Si2/c1-14-16-24-47(25-17-15-2)42(51)39-31-48(26-27-54-56(10,11)44(3,4)5)40(46-39)37-23-22-34(43(52)53-9)29-38(37)41(50)49-30-35-21-19-18-20-33(35)28-36(49)32-55-57(12,13)45(6,7)8/h18-23,29,31,36H,14-17,24-28,30,32H2,1-13H3. The molecule has 2 aromatic carbocycles. The van der Waals surface area contributed by atoms with Gasteiger partial charge in [-0.25, -0.2) is 9.78 Å². The third kappa shape index (κ3) is 11.1. The molecule has 1 aromatic heterocycles. The summed E-state index contributed by atoms with van der Waals surface area (Å²) in [6.45, 7) is 29.4. The Labute approximate surface area is 344 Å². The van der Waals surface area contributed by atoms with Crippen LogP contribution < -0.4 is 0 Å². The minimum Gasteiger partial charge on any atom is -0.465 e. The molecular weight excluding hydrogens is 749 g/mol. The molecule has 1 atom stereocenters. The highest BCUT2D eigenvalue weighted by Crippen LogP contribution is 2.39. The zero-order valence-corrected chi connectivity index (χ0v) is 39.2. The van der Waals surface area contributed by atoms with Crippen molar-refractivity contribution in [3.8, 4) is 11.4 Å². The second-order valence-corrected chi connectivity index (χ2v) is 28.3. The lowest BCUT2D eigenvalue weighted by Crippen LogP contribution is -2.50. The molecule has 0 fully saturated rings. The van der Waals surface area contributed by atoms with Crippen LogP contribution >= 0.6 is 0 Å². The van der Waals surface area contributed by atoms with Gasteiger partial charge in [0.15, 0.2) is 16.6 Å². The van der Waals surface area contributed by atoms with Crippen molar-refractivity contribution in [3.63, 3.8) is 0 Å². The minimum absolute atomic E-state index is 0.000394. The second-order valence-electron chi connectivity index (χ2n) is 18.6. The van der Waals surface area contributed by atoms with Crippen LogP contribution in [0, 0.1) is 0 Å². The molecule has 314 valence electrons. The van der Waals surface area contributed by atoms with Gasteiger partial charge in [-0.15, -0.1) is 0 Å². The number of amides is 2. The van der Waals surface area contributed by atoms with E-state index in [-0.39, 0.29) is 33.5 Å². The number of aromatic nitrogens is 2. The third-order valence-corrected chi connectivity index (χ3v) is 21.5. The van der Waals surface area contributed by atoms with Gasteiger partial charge in [0.25, 0.3) is 11.8 Å². The number of methoxy groups -OCH3 is 1. The molecule has 0 saturated heterocycles. The SMILES string of the molecule is CCCCN(CCCC)C(=O)c1cn(CCO[Si](C)(C)C(C)(C)C)c(-c2ccc(C(=O)OC)cc2C(=O)N2Cc3ccccc3CC2CO[Si](C)(C)C(C)(C)C)n1. The van der Waals surface area contributed by atoms with Crippen molar-refractivity contribution in [1.82, 2.24) is 19.4 Å². The van der Waals surface area contributed by atoms with Crippen molar-refractivity contribution in [2.75, 3.05) is 33.4 Å². The first-order chi connectivity index (χ1) is 26.7. The normalized spacial score (nSPS) is 15.0. The van der Waals surface area contributed by atoms with Crippen LogP contribution in [0.1, 0.15) is 123 Å². The van der Waals surface area contributed by atoms with Crippen LogP contribution in [0.5, 0.6) is 0 Å². The number of carbonyl (C=O) groups excluding carboxylic acids is 3. The molecular formula is C45H70N4O6Si2. The van der Waals surface area contributed by atoms with Gasteiger partial charge < -0.3 is 28.0 Å². The average Bonchev–Trinajstić information content (AvgIpc) is 3.58. The van der Waals surface area contributed by atoms with Crippen LogP contribution in [0.3, 0.4) is 0 Å². The summed E-state index contributed by atoms with van der Waals surface area (Å²) in [5.41, 5.74) is 3.72. The quantitative estimate of drug-likeness (QED) is 0.0987. The van der Waals surface area contributed by atoms with Crippen molar-refractivity contribution in [3.05, 3.63) is 76.6 Å². The Kier molecular flexibility index (Phi) is 15.4. The highest BCUT2D eigenvalue weighted by molar-refractivity contribution is 6.74. The van der Waals surface area contributed by atoms with Crippen LogP contribution in [0.15, 0.2) is 48.7 Å². The first-order valence-electron chi connectivity index (χ1n) is 20.9. The number of nitrogens with zero attached hydrogens (tertiary/aromatic N) is 4. The van der Waals surface area contributed by atoms with Gasteiger partial charge in [-0.3, -0.25) is 9.59 Å². The van der Waals surface area contributed by atoms with Gasteiger partial charge >= 0.3 is 5.97 Å². The fourth-order valence-electron chi connectivity index (χ4n) is 6.51.